The van der Waals surface area contributed by atoms with Gasteiger partial charge in [0.2, 0.25) is 0 Å². The molecule has 2 heteroatoms. The summed E-state index contributed by atoms with van der Waals surface area (Å²) in [4.78, 5) is 0. The van der Waals surface area contributed by atoms with Gasteiger partial charge in [-0.1, -0.05) is 50.8 Å². The van der Waals surface area contributed by atoms with Gasteiger partial charge in [0.1, 0.15) is 0 Å². The van der Waals surface area contributed by atoms with Crippen LogP contribution in [0.3, 0.4) is 0 Å². The molecule has 1 aromatic carbocycles. The van der Waals surface area contributed by atoms with Crippen LogP contribution in [0, 0.1) is 29.6 Å². The third-order valence-electron chi connectivity index (χ3n) is 7.88. The fourth-order valence-electron chi connectivity index (χ4n) is 6.29. The van der Waals surface area contributed by atoms with Crippen LogP contribution in [-0.2, 0) is 9.47 Å². The van der Waals surface area contributed by atoms with E-state index in [1.54, 1.807) is 20.0 Å². The third-order valence-corrected chi connectivity index (χ3v) is 7.88. The Bertz CT molecular complexity index is 639. The first-order valence-electron chi connectivity index (χ1n) is 11.1. The lowest BCUT2D eigenvalue weighted by Gasteiger charge is -2.25. The third kappa shape index (κ3) is 3.83. The molecule has 27 heavy (non-hydrogen) atoms. The summed E-state index contributed by atoms with van der Waals surface area (Å²) >= 11 is 0. The number of allylic oxidation sites excluding steroid dienone is 1. The Labute approximate surface area is 165 Å². The Morgan fingerprint density at radius 3 is 2.59 bits per heavy atom. The molecule has 0 amide bonds. The zero-order valence-corrected chi connectivity index (χ0v) is 17.3. The maximum Gasteiger partial charge on any atom is 0.0912 e. The molecule has 5 rings (SSSR count). The summed E-state index contributed by atoms with van der Waals surface area (Å²) in [5.74, 6) is 6.24. The topological polar surface area (TPSA) is 21.8 Å². The van der Waals surface area contributed by atoms with Gasteiger partial charge in [0.15, 0.2) is 0 Å². The first-order chi connectivity index (χ1) is 13.1. The number of epoxide rings is 1. The normalized spacial score (nSPS) is 36.9. The number of fused-ring (bicyclic) bond motifs is 7. The summed E-state index contributed by atoms with van der Waals surface area (Å²) in [5, 5.41) is 0. The highest BCUT2D eigenvalue weighted by Gasteiger charge is 2.64. The fourth-order valence-corrected chi connectivity index (χ4v) is 6.29. The van der Waals surface area contributed by atoms with Crippen LogP contribution in [0.25, 0.3) is 0 Å². The van der Waals surface area contributed by atoms with Crippen LogP contribution in [0.4, 0.5) is 0 Å². The van der Waals surface area contributed by atoms with Crippen molar-refractivity contribution in [2.45, 2.75) is 70.5 Å². The van der Waals surface area contributed by atoms with Crippen LogP contribution >= 0.6 is 0 Å². The van der Waals surface area contributed by atoms with Crippen molar-refractivity contribution in [1.82, 2.24) is 0 Å². The molecule has 1 heterocycles. The number of benzene rings is 1. The van der Waals surface area contributed by atoms with E-state index in [9.17, 15) is 0 Å². The lowest BCUT2D eigenvalue weighted by molar-refractivity contribution is 0.147. The van der Waals surface area contributed by atoms with E-state index in [1.807, 2.05) is 0 Å². The van der Waals surface area contributed by atoms with Crippen molar-refractivity contribution >= 4 is 0 Å². The van der Waals surface area contributed by atoms with Gasteiger partial charge in [-0.15, -0.1) is 0 Å². The highest BCUT2D eigenvalue weighted by atomic mass is 16.6. The molecule has 0 aromatic heterocycles. The lowest BCUT2D eigenvalue weighted by Crippen LogP contribution is -2.22. The van der Waals surface area contributed by atoms with Crippen LogP contribution < -0.4 is 0 Å². The second-order valence-corrected chi connectivity index (χ2v) is 9.27. The van der Waals surface area contributed by atoms with Gasteiger partial charge in [-0.05, 0) is 73.7 Å². The molecule has 2 nitrogen and oxygen atoms in total. The van der Waals surface area contributed by atoms with E-state index >= 15 is 0 Å². The molecule has 2 bridgehead atoms. The molecule has 4 fully saturated rings. The Kier molecular flexibility index (Phi) is 5.64. The van der Waals surface area contributed by atoms with Crippen molar-refractivity contribution in [2.24, 2.45) is 29.6 Å². The van der Waals surface area contributed by atoms with Gasteiger partial charge in [0.25, 0.3) is 0 Å². The van der Waals surface area contributed by atoms with E-state index in [1.165, 1.54) is 18.4 Å². The van der Waals surface area contributed by atoms with E-state index < -0.39 is 0 Å². The van der Waals surface area contributed by atoms with E-state index in [-0.39, 0.29) is 0 Å². The van der Waals surface area contributed by atoms with E-state index in [4.69, 9.17) is 9.47 Å². The standard InChI is InChI=1S/C15H22O.C10H14O/c1-5-14(11-12(2)13(3)16-4)15-9-7-6-8-10-15;1-2-6-3-5(1)7-4-8-10(11-8)9(6)7/h6-10,12,14H,3,5,11H2,1-2,4H3;5-10H,1-4H2. The summed E-state index contributed by atoms with van der Waals surface area (Å²) in [5.41, 5.74) is 1.42. The van der Waals surface area contributed by atoms with Gasteiger partial charge < -0.3 is 9.47 Å². The largest absolute Gasteiger partial charge is 0.501 e. The molecule has 0 spiro atoms. The first-order valence-corrected chi connectivity index (χ1v) is 11.1. The van der Waals surface area contributed by atoms with Crippen molar-refractivity contribution in [3.8, 4) is 0 Å². The zero-order valence-electron chi connectivity index (χ0n) is 17.3. The van der Waals surface area contributed by atoms with Gasteiger partial charge >= 0.3 is 0 Å². The monoisotopic (exact) mass is 368 g/mol. The van der Waals surface area contributed by atoms with Crippen molar-refractivity contribution < 1.29 is 9.47 Å². The fraction of sp³-hybridized carbons (Fsp3) is 0.680. The summed E-state index contributed by atoms with van der Waals surface area (Å²) < 4.78 is 10.8. The molecule has 3 saturated carbocycles. The molecule has 0 N–H and O–H groups in total. The predicted molar refractivity (Wildman–Crippen MR) is 110 cm³/mol. The van der Waals surface area contributed by atoms with Crippen LogP contribution in [0.1, 0.15) is 63.9 Å². The van der Waals surface area contributed by atoms with Gasteiger partial charge in [-0.25, -0.2) is 0 Å². The van der Waals surface area contributed by atoms with Gasteiger partial charge in [-0.2, -0.15) is 0 Å². The lowest BCUT2D eigenvalue weighted by atomic mass is 9.81. The minimum absolute atomic E-state index is 0.412. The Balaban J connectivity index is 0.000000140. The highest BCUT2D eigenvalue weighted by molar-refractivity contribution is 5.19. The Hall–Kier alpha value is -1.28. The number of ether oxygens (including phenoxy) is 2. The molecule has 148 valence electrons. The predicted octanol–water partition coefficient (Wildman–Crippen LogP) is 6.19. The molecule has 1 aromatic rings. The average molecular weight is 369 g/mol. The van der Waals surface area contributed by atoms with Crippen LogP contribution in [0.5, 0.6) is 0 Å². The molecular weight excluding hydrogens is 332 g/mol. The Morgan fingerprint density at radius 2 is 1.93 bits per heavy atom. The Morgan fingerprint density at radius 1 is 1.19 bits per heavy atom. The molecule has 0 radical (unpaired) electrons. The van der Waals surface area contributed by atoms with Gasteiger partial charge in [0.05, 0.1) is 25.1 Å². The van der Waals surface area contributed by atoms with Crippen LogP contribution in [-0.4, -0.2) is 19.3 Å². The van der Waals surface area contributed by atoms with Crippen molar-refractivity contribution in [3.63, 3.8) is 0 Å². The summed E-state index contributed by atoms with van der Waals surface area (Å²) in [6.07, 6.45) is 9.80. The molecule has 3 aliphatic carbocycles. The first kappa shape index (κ1) is 19.1. The SMILES string of the molecule is C1CC2CC1C1CC3OC3C21.C=C(OC)C(C)CC(CC)c1ccccc1. The number of rotatable bonds is 6. The minimum atomic E-state index is 0.412. The molecule has 4 aliphatic rings. The smallest absolute Gasteiger partial charge is 0.0912 e. The molecule has 1 aliphatic heterocycles. The van der Waals surface area contributed by atoms with E-state index in [0.717, 1.165) is 54.5 Å². The van der Waals surface area contributed by atoms with Gasteiger partial charge in [0, 0.05) is 5.92 Å². The zero-order chi connectivity index (χ0) is 19.0. The number of methoxy groups -OCH3 is 1. The summed E-state index contributed by atoms with van der Waals surface area (Å²) in [6, 6.07) is 10.7. The van der Waals surface area contributed by atoms with Gasteiger partial charge in [-0.3, -0.25) is 0 Å². The van der Waals surface area contributed by atoms with Crippen molar-refractivity contribution in [3.05, 3.63) is 48.2 Å². The van der Waals surface area contributed by atoms with Crippen molar-refractivity contribution in [1.29, 1.82) is 0 Å². The van der Waals surface area contributed by atoms with Crippen LogP contribution in [0.15, 0.2) is 42.7 Å². The highest BCUT2D eigenvalue weighted by Crippen LogP contribution is 2.64. The molecule has 1 saturated heterocycles. The molecular formula is C25H36O2. The van der Waals surface area contributed by atoms with E-state index in [2.05, 4.69) is 50.8 Å². The maximum absolute atomic E-state index is 5.62. The number of hydrogen-bond acceptors (Lipinski definition) is 2. The van der Waals surface area contributed by atoms with E-state index in [0.29, 0.717) is 11.8 Å². The van der Waals surface area contributed by atoms with Crippen LogP contribution in [0.2, 0.25) is 0 Å². The summed E-state index contributed by atoms with van der Waals surface area (Å²) in [6.45, 7) is 8.35. The second-order valence-electron chi connectivity index (χ2n) is 9.27. The quantitative estimate of drug-likeness (QED) is 0.441. The summed E-state index contributed by atoms with van der Waals surface area (Å²) in [7, 11) is 1.70. The molecule has 8 atom stereocenters. The van der Waals surface area contributed by atoms with Crippen molar-refractivity contribution in [2.75, 3.05) is 7.11 Å². The molecule has 8 unspecified atom stereocenters. The maximum atomic E-state index is 5.62. The minimum Gasteiger partial charge on any atom is -0.501 e. The number of hydrogen-bond donors (Lipinski definition) is 0. The second kappa shape index (κ2) is 7.99. The average Bonchev–Trinajstić information content (AvgIpc) is 3.05.